The first kappa shape index (κ1) is 24.2. The highest BCUT2D eigenvalue weighted by Gasteiger charge is 2.38. The Kier molecular flexibility index (Phi) is 6.66. The Morgan fingerprint density at radius 2 is 1.85 bits per heavy atom. The quantitative estimate of drug-likeness (QED) is 0.478. The topological polar surface area (TPSA) is 66.8 Å². The maximum absolute atomic E-state index is 14.1. The van der Waals surface area contributed by atoms with Crippen LogP contribution in [0.5, 0.6) is 5.75 Å². The molecule has 0 spiro atoms. The molecule has 0 unspecified atom stereocenters. The Balaban J connectivity index is 1.80. The van der Waals surface area contributed by atoms with Crippen molar-refractivity contribution in [3.8, 4) is 5.75 Å². The highest BCUT2D eigenvalue weighted by atomic mass is 35.5. The van der Waals surface area contributed by atoms with Gasteiger partial charge in [0.2, 0.25) is 0 Å². The lowest BCUT2D eigenvalue weighted by Crippen LogP contribution is -2.49. The number of sulfonamides is 1. The Hall–Kier alpha value is -2.94. The Labute approximate surface area is 201 Å². The predicted octanol–water partition coefficient (Wildman–Crippen LogP) is 5.30. The third-order valence-corrected chi connectivity index (χ3v) is 8.05. The van der Waals surface area contributed by atoms with Crippen LogP contribution in [-0.4, -0.2) is 32.8 Å². The Bertz CT molecular complexity index is 1360. The highest BCUT2D eigenvalue weighted by molar-refractivity contribution is 7.92. The van der Waals surface area contributed by atoms with E-state index in [1.807, 2.05) is 0 Å². The molecule has 0 fully saturated rings. The van der Waals surface area contributed by atoms with E-state index >= 15 is 0 Å². The van der Waals surface area contributed by atoms with Crippen LogP contribution < -0.4 is 9.04 Å². The van der Waals surface area contributed by atoms with Gasteiger partial charge < -0.3 is 9.84 Å². The zero-order chi connectivity index (χ0) is 24.6. The fourth-order valence-electron chi connectivity index (χ4n) is 3.95. The van der Waals surface area contributed by atoms with Gasteiger partial charge in [-0.1, -0.05) is 35.9 Å². The first-order valence-electron chi connectivity index (χ1n) is 10.4. The van der Waals surface area contributed by atoms with Gasteiger partial charge in [-0.3, -0.25) is 4.31 Å². The van der Waals surface area contributed by atoms with Crippen molar-refractivity contribution in [3.05, 3.63) is 87.9 Å². The molecular formula is C25H22ClF2NO4S. The maximum Gasteiger partial charge on any atom is 0.264 e. The molecular weight excluding hydrogens is 484 g/mol. The van der Waals surface area contributed by atoms with E-state index in [1.165, 1.54) is 25.3 Å². The van der Waals surface area contributed by atoms with Gasteiger partial charge in [0.05, 0.1) is 34.9 Å². The molecule has 1 aliphatic rings. The van der Waals surface area contributed by atoms with Gasteiger partial charge in [0.15, 0.2) is 11.6 Å². The second kappa shape index (κ2) is 9.37. The Morgan fingerprint density at radius 3 is 2.56 bits per heavy atom. The van der Waals surface area contributed by atoms with Crippen molar-refractivity contribution in [1.82, 2.24) is 0 Å². The van der Waals surface area contributed by atoms with Crippen LogP contribution in [0.1, 0.15) is 23.6 Å². The molecule has 0 amide bonds. The summed E-state index contributed by atoms with van der Waals surface area (Å²) in [6, 6.07) is 12.0. The number of halogens is 3. The third-order valence-electron chi connectivity index (χ3n) is 5.82. The molecule has 0 aliphatic carbocycles. The highest BCUT2D eigenvalue weighted by Crippen LogP contribution is 2.37. The van der Waals surface area contributed by atoms with Crippen molar-refractivity contribution in [3.63, 3.8) is 0 Å². The number of anilines is 1. The van der Waals surface area contributed by atoms with Crippen LogP contribution in [0.2, 0.25) is 5.02 Å². The minimum absolute atomic E-state index is 0.170. The number of hydrogen-bond donors (Lipinski definition) is 1. The van der Waals surface area contributed by atoms with Crippen LogP contribution in [0, 0.1) is 11.6 Å². The molecule has 5 nitrogen and oxygen atoms in total. The molecule has 1 N–H and O–H groups in total. The number of rotatable bonds is 5. The van der Waals surface area contributed by atoms with Crippen molar-refractivity contribution < 1.29 is 27.0 Å². The van der Waals surface area contributed by atoms with Crippen LogP contribution in [0.15, 0.2) is 59.5 Å². The number of aliphatic hydroxyl groups excluding tert-OH is 1. The van der Waals surface area contributed by atoms with Gasteiger partial charge in [-0.2, -0.15) is 0 Å². The molecule has 178 valence electrons. The maximum atomic E-state index is 14.1. The molecule has 0 saturated carbocycles. The SMILES string of the molecule is COc1cc(S(=O)(=O)N2c3cc(/C=C/c4c(F)cccc4Cl)ccc3C[C@H](O)[C@H]2C)ccc1F. The molecule has 1 aliphatic heterocycles. The number of aliphatic hydroxyl groups is 1. The standard InChI is InChI=1S/C25H22ClF2NO4S/c1-15-24(30)13-17-8-6-16(7-10-19-20(26)4-3-5-21(19)27)12-23(17)29(15)34(31,32)18-9-11-22(28)25(14-18)33-2/h3-12,14-15,24,30H,13H2,1-2H3/b10-7+/t15-,24+/m1/s1. The zero-order valence-electron chi connectivity index (χ0n) is 18.4. The molecule has 0 saturated heterocycles. The van der Waals surface area contributed by atoms with Crippen LogP contribution in [-0.2, 0) is 16.4 Å². The largest absolute Gasteiger partial charge is 0.494 e. The average molecular weight is 506 g/mol. The first-order chi connectivity index (χ1) is 16.1. The molecule has 9 heteroatoms. The molecule has 34 heavy (non-hydrogen) atoms. The summed E-state index contributed by atoms with van der Waals surface area (Å²) in [5.41, 5.74) is 1.83. The normalized spacial score (nSPS) is 18.2. The van der Waals surface area contributed by atoms with Crippen molar-refractivity contribution in [1.29, 1.82) is 0 Å². The van der Waals surface area contributed by atoms with Gasteiger partial charge in [-0.15, -0.1) is 0 Å². The lowest BCUT2D eigenvalue weighted by atomic mass is 9.95. The summed E-state index contributed by atoms with van der Waals surface area (Å²) in [5, 5.41) is 10.8. The summed E-state index contributed by atoms with van der Waals surface area (Å²) >= 11 is 6.09. The van der Waals surface area contributed by atoms with E-state index in [0.717, 1.165) is 22.5 Å². The molecule has 0 aromatic heterocycles. The fraction of sp³-hybridized carbons (Fsp3) is 0.200. The van der Waals surface area contributed by atoms with E-state index in [0.29, 0.717) is 16.8 Å². The van der Waals surface area contributed by atoms with Crippen LogP contribution in [0.3, 0.4) is 0 Å². The molecule has 0 radical (unpaired) electrons. The van der Waals surface area contributed by atoms with Crippen molar-refractivity contribution in [2.24, 2.45) is 0 Å². The summed E-state index contributed by atoms with van der Waals surface area (Å²) in [6.07, 6.45) is 2.47. The first-order valence-corrected chi connectivity index (χ1v) is 12.3. The van der Waals surface area contributed by atoms with E-state index in [4.69, 9.17) is 16.3 Å². The van der Waals surface area contributed by atoms with E-state index in [2.05, 4.69) is 0 Å². The van der Waals surface area contributed by atoms with Crippen LogP contribution in [0.4, 0.5) is 14.5 Å². The number of hydrogen-bond acceptors (Lipinski definition) is 4. The number of fused-ring (bicyclic) bond motifs is 1. The second-order valence-corrected chi connectivity index (χ2v) is 10.2. The minimum Gasteiger partial charge on any atom is -0.494 e. The van der Waals surface area contributed by atoms with E-state index < -0.39 is 33.8 Å². The van der Waals surface area contributed by atoms with Gasteiger partial charge >= 0.3 is 0 Å². The van der Waals surface area contributed by atoms with Gasteiger partial charge in [-0.05, 0) is 54.5 Å². The van der Waals surface area contributed by atoms with Crippen LogP contribution >= 0.6 is 11.6 Å². The summed E-state index contributed by atoms with van der Waals surface area (Å²) < 4.78 is 61.3. The molecule has 3 aromatic rings. The van der Waals surface area contributed by atoms with E-state index in [-0.39, 0.29) is 27.7 Å². The summed E-state index contributed by atoms with van der Waals surface area (Å²) in [6.45, 7) is 1.60. The fourth-order valence-corrected chi connectivity index (χ4v) is 5.90. The number of ether oxygens (including phenoxy) is 1. The molecule has 4 rings (SSSR count). The summed E-state index contributed by atoms with van der Waals surface area (Å²) in [5.74, 6) is -1.37. The van der Waals surface area contributed by atoms with E-state index in [9.17, 15) is 22.3 Å². The van der Waals surface area contributed by atoms with Crippen molar-refractivity contribution in [2.75, 3.05) is 11.4 Å². The van der Waals surface area contributed by atoms with Gasteiger partial charge in [0, 0.05) is 18.1 Å². The lowest BCUT2D eigenvalue weighted by Gasteiger charge is -2.39. The zero-order valence-corrected chi connectivity index (χ0v) is 19.9. The predicted molar refractivity (Wildman–Crippen MR) is 129 cm³/mol. The van der Waals surface area contributed by atoms with Crippen molar-refractivity contribution >= 4 is 39.5 Å². The summed E-state index contributed by atoms with van der Waals surface area (Å²) in [4.78, 5) is -0.170. The van der Waals surface area contributed by atoms with Crippen LogP contribution in [0.25, 0.3) is 12.2 Å². The Morgan fingerprint density at radius 1 is 1.09 bits per heavy atom. The van der Waals surface area contributed by atoms with E-state index in [1.54, 1.807) is 37.3 Å². The number of benzene rings is 3. The van der Waals surface area contributed by atoms with Gasteiger partial charge in [0.1, 0.15) is 5.82 Å². The lowest BCUT2D eigenvalue weighted by molar-refractivity contribution is 0.147. The monoisotopic (exact) mass is 505 g/mol. The molecule has 2 atom stereocenters. The van der Waals surface area contributed by atoms with Gasteiger partial charge in [-0.25, -0.2) is 17.2 Å². The number of methoxy groups -OCH3 is 1. The molecule has 0 bridgehead atoms. The van der Waals surface area contributed by atoms with Gasteiger partial charge in [0.25, 0.3) is 10.0 Å². The molecule has 1 heterocycles. The minimum atomic E-state index is -4.18. The average Bonchev–Trinajstić information content (AvgIpc) is 2.79. The summed E-state index contributed by atoms with van der Waals surface area (Å²) in [7, 11) is -2.93. The smallest absolute Gasteiger partial charge is 0.264 e. The second-order valence-electron chi connectivity index (χ2n) is 7.97. The third kappa shape index (κ3) is 4.41. The molecule has 3 aromatic carbocycles. The number of nitrogens with zero attached hydrogens (tertiary/aromatic N) is 1. The van der Waals surface area contributed by atoms with Crippen molar-refractivity contribution in [2.45, 2.75) is 30.4 Å².